The van der Waals surface area contributed by atoms with Crippen LogP contribution in [-0.2, 0) is 4.79 Å². The highest BCUT2D eigenvalue weighted by molar-refractivity contribution is 6.46. The first kappa shape index (κ1) is 14.7. The van der Waals surface area contributed by atoms with E-state index >= 15 is 0 Å². The van der Waals surface area contributed by atoms with Crippen molar-refractivity contribution in [1.82, 2.24) is 4.81 Å². The van der Waals surface area contributed by atoms with Crippen LogP contribution >= 0.6 is 0 Å². The van der Waals surface area contributed by atoms with Crippen molar-refractivity contribution in [2.75, 3.05) is 0 Å². The molecular formula is C8H13B4NO2. The molecule has 0 aromatic rings. The largest absolute Gasteiger partial charge is 0.481 e. The van der Waals surface area contributed by atoms with Gasteiger partial charge in [-0.1, -0.05) is 11.2 Å². The minimum atomic E-state index is -1.56. The summed E-state index contributed by atoms with van der Waals surface area (Å²) in [4.78, 5) is 11.7. The first-order valence-corrected chi connectivity index (χ1v) is 4.59. The molecule has 0 aromatic heterocycles. The average molecular weight is 198 g/mol. The third-order valence-corrected chi connectivity index (χ3v) is 2.13. The maximum Gasteiger partial charge on any atom is 0.302 e. The predicted octanol–water partition coefficient (Wildman–Crippen LogP) is -0.407. The highest BCUT2D eigenvalue weighted by Gasteiger charge is 2.34. The molecule has 0 aromatic carbocycles. The van der Waals surface area contributed by atoms with Crippen LogP contribution in [0.1, 0.15) is 27.2 Å². The number of aliphatic carboxylic acids is 1. The van der Waals surface area contributed by atoms with E-state index < -0.39 is 22.7 Å². The van der Waals surface area contributed by atoms with Crippen molar-refractivity contribution in [3.63, 3.8) is 0 Å². The summed E-state index contributed by atoms with van der Waals surface area (Å²) in [6.07, 6.45) is -0.337. The summed E-state index contributed by atoms with van der Waals surface area (Å²) in [5.41, 5.74) is -0.500. The predicted molar refractivity (Wildman–Crippen MR) is 63.3 cm³/mol. The Morgan fingerprint density at radius 1 is 1.40 bits per heavy atom. The Balaban J connectivity index is 4.73. The Morgan fingerprint density at radius 3 is 2.07 bits per heavy atom. The quantitative estimate of drug-likeness (QED) is 0.625. The fraction of sp³-hybridized carbons (Fsp3) is 0.875. The molecule has 3 nitrogen and oxygen atoms in total. The second-order valence-corrected chi connectivity index (χ2v) is 4.63. The Hall–Kier alpha value is -0.310. The van der Waals surface area contributed by atoms with Gasteiger partial charge in [0.1, 0.15) is 0 Å². The van der Waals surface area contributed by atoms with Gasteiger partial charge in [0.2, 0.25) is 0 Å². The van der Waals surface area contributed by atoms with E-state index in [9.17, 15) is 4.79 Å². The van der Waals surface area contributed by atoms with E-state index in [0.29, 0.717) is 0 Å². The molecule has 0 aliphatic rings. The maximum absolute atomic E-state index is 10.5. The Kier molecular flexibility index (Phi) is 4.59. The highest BCUT2D eigenvalue weighted by Crippen LogP contribution is 2.28. The molecule has 74 valence electrons. The van der Waals surface area contributed by atoms with Crippen LogP contribution in [0.3, 0.4) is 0 Å². The van der Waals surface area contributed by atoms with Crippen molar-refractivity contribution < 1.29 is 9.90 Å². The number of rotatable bonds is 4. The van der Waals surface area contributed by atoms with Gasteiger partial charge in [0.25, 0.3) is 0 Å². The van der Waals surface area contributed by atoms with E-state index in [1.54, 1.807) is 20.8 Å². The van der Waals surface area contributed by atoms with Crippen molar-refractivity contribution in [2.45, 2.75) is 43.9 Å². The number of carboxylic acid groups (broad SMARTS) is 1. The SMILES string of the molecule is [B]C(CC(=O)O)C([B])([B])N([B])C(C)(C)C. The molecule has 7 heteroatoms. The number of hydrogen-bond acceptors (Lipinski definition) is 2. The van der Waals surface area contributed by atoms with E-state index in [1.165, 1.54) is 4.81 Å². The minimum absolute atomic E-state index is 0.337. The van der Waals surface area contributed by atoms with Gasteiger partial charge in [-0.3, -0.25) is 4.79 Å². The van der Waals surface area contributed by atoms with Gasteiger partial charge >= 0.3 is 5.97 Å². The molecule has 0 aliphatic heterocycles. The first-order chi connectivity index (χ1) is 6.49. The Morgan fingerprint density at radius 2 is 1.80 bits per heavy atom. The van der Waals surface area contributed by atoms with Crippen LogP contribution in [-0.4, -0.2) is 58.3 Å². The zero-order valence-corrected chi connectivity index (χ0v) is 9.40. The molecule has 0 heterocycles. The monoisotopic (exact) mass is 199 g/mol. The average Bonchev–Trinajstić information content (AvgIpc) is 1.99. The fourth-order valence-electron chi connectivity index (χ4n) is 1.11. The second-order valence-electron chi connectivity index (χ2n) is 4.63. The third kappa shape index (κ3) is 3.98. The van der Waals surface area contributed by atoms with E-state index in [1.807, 2.05) is 0 Å². The summed E-state index contributed by atoms with van der Waals surface area (Å²) < 4.78 is 0. The van der Waals surface area contributed by atoms with E-state index in [4.69, 9.17) is 36.6 Å². The zero-order chi connectivity index (χ0) is 12.4. The second kappa shape index (κ2) is 4.69. The van der Waals surface area contributed by atoms with Gasteiger partial charge < -0.3 is 9.92 Å². The minimum Gasteiger partial charge on any atom is -0.481 e. The standard InChI is InChI=1S/C8H13B4NO2/c1-7(2,3)13(12)8(10,11)5(9)4-6(14)15/h5H,4H2,1-3H3,(H,14,15). The molecule has 0 aliphatic carbocycles. The molecule has 0 rings (SSSR count). The van der Waals surface area contributed by atoms with Crippen LogP contribution in [0.4, 0.5) is 0 Å². The Bertz CT molecular complexity index is 239. The van der Waals surface area contributed by atoms with E-state index in [0.717, 1.165) is 0 Å². The Labute approximate surface area is 96.6 Å². The summed E-state index contributed by atoms with van der Waals surface area (Å²) in [6, 6.07) is 0. The van der Waals surface area contributed by atoms with Crippen molar-refractivity contribution in [1.29, 1.82) is 0 Å². The fourth-order valence-corrected chi connectivity index (χ4v) is 1.11. The molecule has 0 bridgehead atoms. The number of nitrogens with zero attached hydrogens (tertiary/aromatic N) is 1. The number of hydrogen-bond donors (Lipinski definition) is 1. The molecule has 0 spiro atoms. The lowest BCUT2D eigenvalue weighted by atomic mass is 9.46. The summed E-state index contributed by atoms with van der Waals surface area (Å²) >= 11 is 0. The van der Waals surface area contributed by atoms with Crippen molar-refractivity contribution in [3.05, 3.63) is 0 Å². The zero-order valence-electron chi connectivity index (χ0n) is 9.40. The maximum atomic E-state index is 10.5. The molecule has 8 radical (unpaired) electrons. The van der Waals surface area contributed by atoms with E-state index in [2.05, 4.69) is 0 Å². The van der Waals surface area contributed by atoms with E-state index in [-0.39, 0.29) is 6.42 Å². The molecule has 0 saturated heterocycles. The van der Waals surface area contributed by atoms with Crippen LogP contribution in [0.5, 0.6) is 0 Å². The molecular weight excluding hydrogens is 185 g/mol. The first-order valence-electron chi connectivity index (χ1n) is 4.59. The van der Waals surface area contributed by atoms with Crippen LogP contribution in [0.15, 0.2) is 0 Å². The molecule has 1 N–H and O–H groups in total. The summed E-state index contributed by atoms with van der Waals surface area (Å²) in [5, 5.41) is 7.02. The van der Waals surface area contributed by atoms with Crippen LogP contribution in [0.2, 0.25) is 5.82 Å². The molecule has 15 heavy (non-hydrogen) atoms. The molecule has 1 unspecified atom stereocenters. The summed E-state index contributed by atoms with van der Waals surface area (Å²) in [7, 11) is 22.8. The highest BCUT2D eigenvalue weighted by atomic mass is 16.4. The topological polar surface area (TPSA) is 40.5 Å². The normalized spacial score (nSPS) is 15.2. The van der Waals surface area contributed by atoms with Crippen molar-refractivity contribution in [2.24, 2.45) is 0 Å². The van der Waals surface area contributed by atoms with Gasteiger partial charge in [-0.15, -0.1) is 0 Å². The van der Waals surface area contributed by atoms with Gasteiger partial charge in [-0.25, -0.2) is 0 Å². The number of carbonyl (C=O) groups is 1. The third-order valence-electron chi connectivity index (χ3n) is 2.13. The lowest BCUT2D eigenvalue weighted by Crippen LogP contribution is -2.59. The molecule has 0 saturated carbocycles. The van der Waals surface area contributed by atoms with Crippen molar-refractivity contribution >= 4 is 37.5 Å². The molecule has 1 atom stereocenters. The lowest BCUT2D eigenvalue weighted by molar-refractivity contribution is -0.137. The van der Waals surface area contributed by atoms with Crippen LogP contribution in [0, 0.1) is 0 Å². The smallest absolute Gasteiger partial charge is 0.302 e. The summed E-state index contributed by atoms with van der Waals surface area (Å²) in [6.45, 7) is 5.40. The van der Waals surface area contributed by atoms with Gasteiger partial charge in [-0.05, 0) is 20.8 Å². The van der Waals surface area contributed by atoms with Gasteiger partial charge in [0.15, 0.2) is 7.98 Å². The van der Waals surface area contributed by atoms with Gasteiger partial charge in [0.05, 0.1) is 23.5 Å². The van der Waals surface area contributed by atoms with Gasteiger partial charge in [0, 0.05) is 12.0 Å². The van der Waals surface area contributed by atoms with Crippen LogP contribution in [0.25, 0.3) is 0 Å². The number of carboxylic acids is 1. The van der Waals surface area contributed by atoms with Crippen LogP contribution < -0.4 is 0 Å². The molecule has 0 amide bonds. The lowest BCUT2D eigenvalue weighted by Gasteiger charge is -2.50. The summed E-state index contributed by atoms with van der Waals surface area (Å²) in [5.74, 6) is -2.01. The van der Waals surface area contributed by atoms with Crippen molar-refractivity contribution in [3.8, 4) is 0 Å². The molecule has 0 fully saturated rings. The van der Waals surface area contributed by atoms with Gasteiger partial charge in [-0.2, -0.15) is 0 Å².